The molecular formula is C19H16O4. The molecule has 116 valence electrons. The summed E-state index contributed by atoms with van der Waals surface area (Å²) in [6.07, 6.45) is 1.53. The molecule has 1 atom stereocenters. The fourth-order valence-corrected chi connectivity index (χ4v) is 2.60. The van der Waals surface area contributed by atoms with Crippen molar-refractivity contribution >= 4 is 17.8 Å². The molecule has 0 amide bonds. The van der Waals surface area contributed by atoms with Crippen molar-refractivity contribution in [2.24, 2.45) is 0 Å². The molecule has 4 nitrogen and oxygen atoms in total. The molecule has 23 heavy (non-hydrogen) atoms. The van der Waals surface area contributed by atoms with E-state index in [9.17, 15) is 9.59 Å². The van der Waals surface area contributed by atoms with E-state index >= 15 is 0 Å². The molecule has 1 aliphatic carbocycles. The SMILES string of the molecule is CC(Oc1cccc(C=C2Cc3ccccc3C2=O)c1)C(=O)O. The molecule has 0 heterocycles. The Hall–Kier alpha value is -2.88. The molecular weight excluding hydrogens is 292 g/mol. The first-order chi connectivity index (χ1) is 11.0. The molecule has 0 saturated heterocycles. The summed E-state index contributed by atoms with van der Waals surface area (Å²) in [5.74, 6) is -0.502. The van der Waals surface area contributed by atoms with E-state index in [1.807, 2.05) is 36.4 Å². The third-order valence-electron chi connectivity index (χ3n) is 3.79. The number of rotatable bonds is 4. The lowest BCUT2D eigenvalue weighted by Gasteiger charge is -2.10. The summed E-state index contributed by atoms with van der Waals surface area (Å²) in [6.45, 7) is 1.48. The maximum Gasteiger partial charge on any atom is 0.344 e. The van der Waals surface area contributed by atoms with E-state index in [0.717, 1.165) is 22.3 Å². The zero-order valence-corrected chi connectivity index (χ0v) is 12.7. The highest BCUT2D eigenvalue weighted by molar-refractivity contribution is 6.15. The number of benzene rings is 2. The molecule has 0 aromatic heterocycles. The maximum atomic E-state index is 12.4. The average Bonchev–Trinajstić information content (AvgIpc) is 2.84. The van der Waals surface area contributed by atoms with Crippen molar-refractivity contribution in [1.82, 2.24) is 0 Å². The highest BCUT2D eigenvalue weighted by Crippen LogP contribution is 2.28. The summed E-state index contributed by atoms with van der Waals surface area (Å²) in [6, 6.07) is 14.7. The lowest BCUT2D eigenvalue weighted by molar-refractivity contribution is -0.144. The van der Waals surface area contributed by atoms with Gasteiger partial charge in [0.05, 0.1) is 0 Å². The van der Waals surface area contributed by atoms with Gasteiger partial charge in [-0.3, -0.25) is 4.79 Å². The third-order valence-corrected chi connectivity index (χ3v) is 3.79. The molecule has 1 unspecified atom stereocenters. The van der Waals surface area contributed by atoms with E-state index in [1.165, 1.54) is 6.92 Å². The molecule has 2 aromatic carbocycles. The number of carbonyl (C=O) groups excluding carboxylic acids is 1. The minimum absolute atomic E-state index is 0.0471. The van der Waals surface area contributed by atoms with Crippen LogP contribution in [-0.2, 0) is 11.2 Å². The standard InChI is InChI=1S/C19H16O4/c1-12(19(21)22)23-16-7-4-5-13(10-16)9-15-11-14-6-2-3-8-17(14)18(15)20/h2-10,12H,11H2,1H3,(H,21,22). The molecule has 1 aliphatic rings. The van der Waals surface area contributed by atoms with Crippen molar-refractivity contribution in [2.45, 2.75) is 19.4 Å². The van der Waals surface area contributed by atoms with Gasteiger partial charge in [0, 0.05) is 17.6 Å². The summed E-state index contributed by atoms with van der Waals surface area (Å²) in [4.78, 5) is 23.2. The van der Waals surface area contributed by atoms with E-state index < -0.39 is 12.1 Å². The van der Waals surface area contributed by atoms with Crippen molar-refractivity contribution < 1.29 is 19.4 Å². The number of carbonyl (C=O) groups is 2. The molecule has 1 N–H and O–H groups in total. The number of hydrogen-bond donors (Lipinski definition) is 1. The normalized spacial score (nSPS) is 16.2. The molecule has 3 rings (SSSR count). The van der Waals surface area contributed by atoms with E-state index in [4.69, 9.17) is 9.84 Å². The second-order valence-corrected chi connectivity index (χ2v) is 5.50. The van der Waals surface area contributed by atoms with Gasteiger partial charge in [0.15, 0.2) is 11.9 Å². The fraction of sp³-hybridized carbons (Fsp3) is 0.158. The van der Waals surface area contributed by atoms with Gasteiger partial charge in [-0.1, -0.05) is 36.4 Å². The minimum atomic E-state index is -1.02. The van der Waals surface area contributed by atoms with Crippen LogP contribution >= 0.6 is 0 Å². The third kappa shape index (κ3) is 3.16. The van der Waals surface area contributed by atoms with Gasteiger partial charge in [-0.05, 0) is 36.3 Å². The molecule has 4 heteroatoms. The van der Waals surface area contributed by atoms with Crippen molar-refractivity contribution in [1.29, 1.82) is 0 Å². The number of carboxylic acids is 1. The Balaban J connectivity index is 1.84. The number of ketones is 1. The van der Waals surface area contributed by atoms with Crippen LogP contribution in [0.25, 0.3) is 6.08 Å². The zero-order valence-electron chi connectivity index (χ0n) is 12.7. The van der Waals surface area contributed by atoms with Crippen LogP contribution in [0.4, 0.5) is 0 Å². The van der Waals surface area contributed by atoms with Gasteiger partial charge in [0.1, 0.15) is 5.75 Å². The van der Waals surface area contributed by atoms with Crippen molar-refractivity contribution in [2.75, 3.05) is 0 Å². The van der Waals surface area contributed by atoms with Gasteiger partial charge in [0.2, 0.25) is 0 Å². The molecule has 0 spiro atoms. The van der Waals surface area contributed by atoms with Gasteiger partial charge in [-0.2, -0.15) is 0 Å². The Morgan fingerprint density at radius 1 is 1.22 bits per heavy atom. The highest BCUT2D eigenvalue weighted by Gasteiger charge is 2.23. The Kier molecular flexibility index (Phi) is 3.98. The maximum absolute atomic E-state index is 12.4. The van der Waals surface area contributed by atoms with Crippen LogP contribution in [-0.4, -0.2) is 23.0 Å². The topological polar surface area (TPSA) is 63.6 Å². The first-order valence-corrected chi connectivity index (χ1v) is 7.37. The molecule has 0 radical (unpaired) electrons. The van der Waals surface area contributed by atoms with E-state index in [0.29, 0.717) is 12.2 Å². The van der Waals surface area contributed by atoms with Gasteiger partial charge in [-0.15, -0.1) is 0 Å². The monoisotopic (exact) mass is 308 g/mol. The summed E-state index contributed by atoms with van der Waals surface area (Å²) < 4.78 is 5.36. The van der Waals surface area contributed by atoms with Crippen LogP contribution in [0.2, 0.25) is 0 Å². The van der Waals surface area contributed by atoms with Crippen molar-refractivity contribution in [3.8, 4) is 5.75 Å². The fourth-order valence-electron chi connectivity index (χ4n) is 2.60. The average molecular weight is 308 g/mol. The van der Waals surface area contributed by atoms with E-state index in [2.05, 4.69) is 0 Å². The predicted octanol–water partition coefficient (Wildman–Crippen LogP) is 3.36. The smallest absolute Gasteiger partial charge is 0.344 e. The lowest BCUT2D eigenvalue weighted by Crippen LogP contribution is -2.22. The van der Waals surface area contributed by atoms with Crippen LogP contribution < -0.4 is 4.74 Å². The number of fused-ring (bicyclic) bond motifs is 1. The lowest BCUT2D eigenvalue weighted by atomic mass is 10.1. The summed E-state index contributed by atoms with van der Waals surface area (Å²) in [5, 5.41) is 8.90. The molecule has 2 aromatic rings. The molecule has 0 fully saturated rings. The number of ether oxygens (including phenoxy) is 1. The first kappa shape index (κ1) is 15.0. The van der Waals surface area contributed by atoms with E-state index in [1.54, 1.807) is 18.2 Å². The summed E-state index contributed by atoms with van der Waals surface area (Å²) >= 11 is 0. The zero-order chi connectivity index (χ0) is 16.4. The van der Waals surface area contributed by atoms with Gasteiger partial charge < -0.3 is 9.84 Å². The largest absolute Gasteiger partial charge is 0.479 e. The number of Topliss-reactive ketones (excluding diaryl/α,β-unsaturated/α-hetero) is 1. The Morgan fingerprint density at radius 2 is 2.00 bits per heavy atom. The van der Waals surface area contributed by atoms with Gasteiger partial charge in [-0.25, -0.2) is 4.79 Å². The van der Waals surface area contributed by atoms with Crippen LogP contribution in [0.1, 0.15) is 28.4 Å². The number of aliphatic carboxylic acids is 1. The van der Waals surface area contributed by atoms with Crippen LogP contribution in [0, 0.1) is 0 Å². The van der Waals surface area contributed by atoms with E-state index in [-0.39, 0.29) is 5.78 Å². The van der Waals surface area contributed by atoms with Crippen LogP contribution in [0.3, 0.4) is 0 Å². The second-order valence-electron chi connectivity index (χ2n) is 5.50. The van der Waals surface area contributed by atoms with Crippen LogP contribution in [0.5, 0.6) is 5.75 Å². The predicted molar refractivity (Wildman–Crippen MR) is 86.6 cm³/mol. The summed E-state index contributed by atoms with van der Waals surface area (Å²) in [7, 11) is 0. The van der Waals surface area contributed by atoms with Crippen molar-refractivity contribution in [3.05, 3.63) is 70.8 Å². The molecule has 0 saturated carbocycles. The number of hydrogen-bond acceptors (Lipinski definition) is 3. The Labute approximate surface area is 134 Å². The quantitative estimate of drug-likeness (QED) is 0.880. The Bertz CT molecular complexity index is 805. The van der Waals surface area contributed by atoms with Crippen LogP contribution in [0.15, 0.2) is 54.1 Å². The molecule has 0 aliphatic heterocycles. The number of allylic oxidation sites excluding steroid dienone is 1. The number of carboxylic acid groups (broad SMARTS) is 1. The Morgan fingerprint density at radius 3 is 2.74 bits per heavy atom. The molecule has 0 bridgehead atoms. The highest BCUT2D eigenvalue weighted by atomic mass is 16.5. The summed E-state index contributed by atoms with van der Waals surface area (Å²) in [5.41, 5.74) is 3.34. The first-order valence-electron chi connectivity index (χ1n) is 7.37. The van der Waals surface area contributed by atoms with Gasteiger partial charge in [0.25, 0.3) is 0 Å². The van der Waals surface area contributed by atoms with Crippen molar-refractivity contribution in [3.63, 3.8) is 0 Å². The minimum Gasteiger partial charge on any atom is -0.479 e. The second kappa shape index (κ2) is 6.08. The van der Waals surface area contributed by atoms with Gasteiger partial charge >= 0.3 is 5.97 Å².